The van der Waals surface area contributed by atoms with Crippen LogP contribution < -0.4 is 4.90 Å². The van der Waals surface area contributed by atoms with Gasteiger partial charge >= 0.3 is 5.97 Å². The quantitative estimate of drug-likeness (QED) is 0.671. The molecule has 2 heterocycles. The van der Waals surface area contributed by atoms with Crippen LogP contribution in [-0.4, -0.2) is 35.8 Å². The van der Waals surface area contributed by atoms with Gasteiger partial charge in [0.2, 0.25) is 5.91 Å². The van der Waals surface area contributed by atoms with Gasteiger partial charge in [0.1, 0.15) is 0 Å². The van der Waals surface area contributed by atoms with E-state index in [2.05, 4.69) is 17.6 Å². The fraction of sp³-hybridized carbons (Fsp3) is 0.462. The maximum Gasteiger partial charge on any atom is 0.340 e. The second kappa shape index (κ2) is 6.06. The Hall–Kier alpha value is -1.56. The van der Waals surface area contributed by atoms with Crippen molar-refractivity contribution in [2.75, 3.05) is 23.8 Å². The van der Waals surface area contributed by atoms with Crippen LogP contribution in [0, 0.1) is 5.92 Å². The maximum absolute atomic E-state index is 12.0. The molecule has 19 heavy (non-hydrogen) atoms. The Balaban J connectivity index is 2.30. The monoisotopic (exact) mass is 280 g/mol. The molecule has 0 N–H and O–H groups in total. The topological polar surface area (TPSA) is 59.5 Å². The number of ether oxygens (including phenoxy) is 1. The van der Waals surface area contributed by atoms with E-state index >= 15 is 0 Å². The van der Waals surface area contributed by atoms with E-state index in [1.165, 1.54) is 12.4 Å². The highest BCUT2D eigenvalue weighted by Crippen LogP contribution is 2.28. The second-order valence-electron chi connectivity index (χ2n) is 4.37. The SMILES string of the molecule is CCOC(=O)c1ccncc1N1CC(CS)CC1=O. The van der Waals surface area contributed by atoms with E-state index in [0.717, 1.165) is 0 Å². The summed E-state index contributed by atoms with van der Waals surface area (Å²) in [5, 5.41) is 0. The lowest BCUT2D eigenvalue weighted by Crippen LogP contribution is -2.27. The van der Waals surface area contributed by atoms with Crippen molar-refractivity contribution in [3.05, 3.63) is 24.0 Å². The summed E-state index contributed by atoms with van der Waals surface area (Å²) in [6.07, 6.45) is 3.51. The van der Waals surface area contributed by atoms with Crippen molar-refractivity contribution in [2.24, 2.45) is 5.92 Å². The first-order valence-electron chi connectivity index (χ1n) is 6.19. The van der Waals surface area contributed by atoms with E-state index < -0.39 is 5.97 Å². The van der Waals surface area contributed by atoms with Crippen LogP contribution in [0.15, 0.2) is 18.5 Å². The van der Waals surface area contributed by atoms with Gasteiger partial charge in [-0.3, -0.25) is 9.78 Å². The number of anilines is 1. The summed E-state index contributed by atoms with van der Waals surface area (Å²) in [6.45, 7) is 2.62. The number of hydrogen-bond donors (Lipinski definition) is 1. The molecule has 0 bridgehead atoms. The highest BCUT2D eigenvalue weighted by atomic mass is 32.1. The number of rotatable bonds is 4. The van der Waals surface area contributed by atoms with Gasteiger partial charge in [0.25, 0.3) is 0 Å². The van der Waals surface area contributed by atoms with Gasteiger partial charge in [-0.1, -0.05) is 0 Å². The largest absolute Gasteiger partial charge is 0.462 e. The molecular weight excluding hydrogens is 264 g/mol. The van der Waals surface area contributed by atoms with Crippen molar-refractivity contribution in [1.82, 2.24) is 4.98 Å². The van der Waals surface area contributed by atoms with Crippen LogP contribution in [0.1, 0.15) is 23.7 Å². The molecule has 1 unspecified atom stereocenters. The molecule has 1 aromatic rings. The summed E-state index contributed by atoms with van der Waals surface area (Å²) in [5.74, 6) is 0.433. The van der Waals surface area contributed by atoms with Gasteiger partial charge < -0.3 is 9.64 Å². The number of carbonyl (C=O) groups excluding carboxylic acids is 2. The molecule has 0 aromatic carbocycles. The fourth-order valence-electron chi connectivity index (χ4n) is 2.12. The smallest absolute Gasteiger partial charge is 0.340 e. The molecule has 1 aromatic heterocycles. The van der Waals surface area contributed by atoms with Crippen molar-refractivity contribution in [3.8, 4) is 0 Å². The van der Waals surface area contributed by atoms with Crippen molar-refractivity contribution >= 4 is 30.2 Å². The average molecular weight is 280 g/mol. The lowest BCUT2D eigenvalue weighted by atomic mass is 10.1. The molecule has 1 saturated heterocycles. The van der Waals surface area contributed by atoms with Crippen molar-refractivity contribution < 1.29 is 14.3 Å². The lowest BCUT2D eigenvalue weighted by molar-refractivity contribution is -0.117. The van der Waals surface area contributed by atoms with Crippen LogP contribution in [0.5, 0.6) is 0 Å². The normalized spacial score (nSPS) is 18.7. The van der Waals surface area contributed by atoms with Crippen LogP contribution >= 0.6 is 12.6 Å². The van der Waals surface area contributed by atoms with Crippen LogP contribution in [0.2, 0.25) is 0 Å². The van der Waals surface area contributed by atoms with Crippen LogP contribution in [-0.2, 0) is 9.53 Å². The van der Waals surface area contributed by atoms with Crippen molar-refractivity contribution in [1.29, 1.82) is 0 Å². The third-order valence-corrected chi connectivity index (χ3v) is 3.57. The van der Waals surface area contributed by atoms with E-state index in [9.17, 15) is 9.59 Å². The first-order chi connectivity index (χ1) is 9.17. The molecule has 0 spiro atoms. The Labute approximate surface area is 117 Å². The third-order valence-electron chi connectivity index (χ3n) is 3.05. The molecular formula is C13H16N2O3S. The van der Waals surface area contributed by atoms with Crippen molar-refractivity contribution in [2.45, 2.75) is 13.3 Å². The molecule has 5 nitrogen and oxygen atoms in total. The number of aromatic nitrogens is 1. The first kappa shape index (κ1) is 13.9. The summed E-state index contributed by atoms with van der Waals surface area (Å²) in [6, 6.07) is 1.58. The number of amides is 1. The number of nitrogens with zero attached hydrogens (tertiary/aromatic N) is 2. The number of hydrogen-bond acceptors (Lipinski definition) is 5. The van der Waals surface area contributed by atoms with Crippen LogP contribution in [0.3, 0.4) is 0 Å². The van der Waals surface area contributed by atoms with Gasteiger partial charge in [0, 0.05) is 19.2 Å². The second-order valence-corrected chi connectivity index (χ2v) is 4.74. The fourth-order valence-corrected chi connectivity index (χ4v) is 2.36. The zero-order valence-electron chi connectivity index (χ0n) is 10.7. The summed E-state index contributed by atoms with van der Waals surface area (Å²) >= 11 is 4.22. The van der Waals surface area contributed by atoms with Gasteiger partial charge in [-0.15, -0.1) is 0 Å². The summed E-state index contributed by atoms with van der Waals surface area (Å²) in [7, 11) is 0. The minimum Gasteiger partial charge on any atom is -0.462 e. The summed E-state index contributed by atoms with van der Waals surface area (Å²) in [5.41, 5.74) is 0.903. The van der Waals surface area contributed by atoms with Crippen LogP contribution in [0.25, 0.3) is 0 Å². The molecule has 1 aliphatic rings. The van der Waals surface area contributed by atoms with Gasteiger partial charge in [-0.25, -0.2) is 4.79 Å². The molecule has 1 atom stereocenters. The first-order valence-corrected chi connectivity index (χ1v) is 6.83. The minimum absolute atomic E-state index is 0.00222. The Morgan fingerprint density at radius 1 is 1.63 bits per heavy atom. The van der Waals surface area contributed by atoms with Crippen LogP contribution in [0.4, 0.5) is 5.69 Å². The average Bonchev–Trinajstić information content (AvgIpc) is 2.80. The maximum atomic E-state index is 12.0. The Bertz CT molecular complexity index is 493. The van der Waals surface area contributed by atoms with Gasteiger partial charge in [-0.2, -0.15) is 12.6 Å². The Morgan fingerprint density at radius 3 is 3.05 bits per heavy atom. The van der Waals surface area contributed by atoms with Gasteiger partial charge in [0.05, 0.1) is 24.1 Å². The summed E-state index contributed by atoms with van der Waals surface area (Å²) in [4.78, 5) is 29.5. The number of esters is 1. The standard InChI is InChI=1S/C13H16N2O3S/c1-2-18-13(17)10-3-4-14-6-11(10)15-7-9(8-19)5-12(15)16/h3-4,6,9,19H,2,5,7-8H2,1H3. The minimum atomic E-state index is -0.429. The number of carbonyl (C=O) groups is 2. The predicted octanol–water partition coefficient (Wildman–Crippen LogP) is 1.54. The van der Waals surface area contributed by atoms with Gasteiger partial charge in [0.15, 0.2) is 0 Å². The molecule has 2 rings (SSSR count). The highest BCUT2D eigenvalue weighted by molar-refractivity contribution is 7.80. The number of thiol groups is 1. The molecule has 6 heteroatoms. The van der Waals surface area contributed by atoms with Crippen molar-refractivity contribution in [3.63, 3.8) is 0 Å². The highest BCUT2D eigenvalue weighted by Gasteiger charge is 2.32. The van der Waals surface area contributed by atoms with E-state index in [4.69, 9.17) is 4.74 Å². The molecule has 1 amide bonds. The Morgan fingerprint density at radius 2 is 2.42 bits per heavy atom. The molecule has 0 aliphatic carbocycles. The molecule has 1 aliphatic heterocycles. The Kier molecular flexibility index (Phi) is 4.42. The zero-order chi connectivity index (χ0) is 13.8. The zero-order valence-corrected chi connectivity index (χ0v) is 11.6. The molecule has 1 fully saturated rings. The van der Waals surface area contributed by atoms with E-state index in [1.54, 1.807) is 17.9 Å². The van der Waals surface area contributed by atoms with E-state index in [-0.39, 0.29) is 11.8 Å². The van der Waals surface area contributed by atoms with E-state index in [0.29, 0.717) is 36.6 Å². The predicted molar refractivity (Wildman–Crippen MR) is 74.5 cm³/mol. The molecule has 102 valence electrons. The van der Waals surface area contributed by atoms with E-state index in [1.807, 2.05) is 0 Å². The summed E-state index contributed by atoms with van der Waals surface area (Å²) < 4.78 is 5.00. The molecule has 0 saturated carbocycles. The lowest BCUT2D eigenvalue weighted by Gasteiger charge is -2.18. The number of pyridine rings is 1. The third kappa shape index (κ3) is 2.89. The molecule has 0 radical (unpaired) electrons. The van der Waals surface area contributed by atoms with Gasteiger partial charge in [-0.05, 0) is 24.7 Å².